The molecule has 1 N–H and O–H groups in total. The molecule has 0 aliphatic heterocycles. The second-order valence-electron chi connectivity index (χ2n) is 6.67. The Balaban J connectivity index is 2.71. The van der Waals surface area contributed by atoms with Crippen LogP contribution in [-0.2, 0) is 19.0 Å². The first kappa shape index (κ1) is 21.5. The molecular formula is C18H31BN2O4. The van der Waals surface area contributed by atoms with Crippen molar-refractivity contribution in [1.29, 1.82) is 0 Å². The number of hydrogen-bond donors (Lipinski definition) is 1. The summed E-state index contributed by atoms with van der Waals surface area (Å²) in [5.41, 5.74) is 0. The lowest BCUT2D eigenvalue weighted by atomic mass is 9.75. The largest absolute Gasteiger partial charge is 0.560 e. The summed E-state index contributed by atoms with van der Waals surface area (Å²) in [6.45, 7) is 6.22. The molecule has 0 saturated heterocycles. The van der Waals surface area contributed by atoms with Crippen molar-refractivity contribution in [2.45, 2.75) is 77.8 Å². The highest BCUT2D eigenvalue weighted by Gasteiger charge is 2.36. The van der Waals surface area contributed by atoms with E-state index in [9.17, 15) is 9.59 Å². The zero-order chi connectivity index (χ0) is 18.7. The van der Waals surface area contributed by atoms with Gasteiger partial charge in [0, 0.05) is 6.04 Å². The number of carbonyl (C=O) groups is 2. The lowest BCUT2D eigenvalue weighted by Gasteiger charge is -2.36. The van der Waals surface area contributed by atoms with Crippen LogP contribution in [0.25, 0.3) is 0 Å². The normalized spacial score (nSPS) is 23.0. The third-order valence-electron chi connectivity index (χ3n) is 4.87. The fourth-order valence-electron chi connectivity index (χ4n) is 3.39. The van der Waals surface area contributed by atoms with Gasteiger partial charge in [0.2, 0.25) is 5.91 Å². The molecule has 1 fully saturated rings. The summed E-state index contributed by atoms with van der Waals surface area (Å²) in [7, 11) is 4.89. The molecule has 0 heterocycles. The molecule has 25 heavy (non-hydrogen) atoms. The number of nitrogens with zero attached hydrogens (tertiary/aromatic N) is 1. The molecule has 1 rings (SSSR count). The van der Waals surface area contributed by atoms with Gasteiger partial charge in [0.1, 0.15) is 6.04 Å². The Bertz CT molecular complexity index is 445. The Morgan fingerprint density at radius 1 is 1.32 bits per heavy atom. The van der Waals surface area contributed by atoms with Gasteiger partial charge in [-0.05, 0) is 38.5 Å². The van der Waals surface area contributed by atoms with Gasteiger partial charge in [-0.15, -0.1) is 0 Å². The SMILES string of the molecule is [B]OC=N[C@H](C)C(=O)N[C@@H]1CCCC[C@@H]1[C@@H](CC)C(=O)OCCCC. The minimum Gasteiger partial charge on any atom is -0.560 e. The van der Waals surface area contributed by atoms with Crippen molar-refractivity contribution in [3.63, 3.8) is 0 Å². The first-order valence-electron chi connectivity index (χ1n) is 9.39. The van der Waals surface area contributed by atoms with Gasteiger partial charge < -0.3 is 14.7 Å². The van der Waals surface area contributed by atoms with E-state index in [1.54, 1.807) is 6.92 Å². The third-order valence-corrected chi connectivity index (χ3v) is 4.87. The monoisotopic (exact) mass is 350 g/mol. The quantitative estimate of drug-likeness (QED) is 0.216. The number of hydrogen-bond acceptors (Lipinski definition) is 5. The minimum atomic E-state index is -0.581. The van der Waals surface area contributed by atoms with Gasteiger partial charge in [0.05, 0.1) is 12.5 Å². The molecule has 2 radical (unpaired) electrons. The number of esters is 1. The number of nitrogens with one attached hydrogen (secondary N) is 1. The van der Waals surface area contributed by atoms with Crippen LogP contribution in [-0.4, -0.2) is 45.0 Å². The third kappa shape index (κ3) is 7.08. The molecule has 0 aromatic heterocycles. The Morgan fingerprint density at radius 3 is 2.68 bits per heavy atom. The summed E-state index contributed by atoms with van der Waals surface area (Å²) in [6.07, 6.45) is 7.58. The van der Waals surface area contributed by atoms with Gasteiger partial charge in [0.15, 0.2) is 6.40 Å². The standard InChI is InChI=1S/C18H31BN2O4/c1-4-6-11-24-18(23)14(5-2)15-9-7-8-10-16(15)21-17(22)13(3)20-12-25-19/h12-16H,4-11H2,1-3H3,(H,21,22)/t13-,14-,15-,16-/m1/s1. The summed E-state index contributed by atoms with van der Waals surface area (Å²) in [4.78, 5) is 28.7. The summed E-state index contributed by atoms with van der Waals surface area (Å²) < 4.78 is 9.71. The zero-order valence-electron chi connectivity index (χ0n) is 15.7. The topological polar surface area (TPSA) is 77.0 Å². The molecule has 0 unspecified atom stereocenters. The smallest absolute Gasteiger partial charge is 0.375 e. The molecule has 1 aliphatic carbocycles. The van der Waals surface area contributed by atoms with Gasteiger partial charge in [-0.25, -0.2) is 4.99 Å². The van der Waals surface area contributed by atoms with E-state index >= 15 is 0 Å². The van der Waals surface area contributed by atoms with Crippen LogP contribution in [0.4, 0.5) is 0 Å². The Morgan fingerprint density at radius 2 is 2.04 bits per heavy atom. The molecule has 140 valence electrons. The van der Waals surface area contributed by atoms with E-state index in [0.29, 0.717) is 6.61 Å². The molecule has 7 heteroatoms. The van der Waals surface area contributed by atoms with E-state index in [0.717, 1.165) is 51.3 Å². The summed E-state index contributed by atoms with van der Waals surface area (Å²) in [5, 5.41) is 3.06. The van der Waals surface area contributed by atoms with E-state index in [4.69, 9.17) is 12.8 Å². The number of ether oxygens (including phenoxy) is 1. The molecule has 0 aromatic rings. The van der Waals surface area contributed by atoms with E-state index in [-0.39, 0.29) is 29.8 Å². The molecule has 1 aliphatic rings. The van der Waals surface area contributed by atoms with Gasteiger partial charge >= 0.3 is 14.0 Å². The molecule has 1 saturated carbocycles. The van der Waals surface area contributed by atoms with Crippen molar-refractivity contribution in [3.05, 3.63) is 0 Å². The number of aliphatic imine (C=N–C) groups is 1. The zero-order valence-corrected chi connectivity index (χ0v) is 15.7. The van der Waals surface area contributed by atoms with E-state index in [1.807, 2.05) is 6.92 Å². The molecule has 4 atom stereocenters. The Labute approximate surface area is 152 Å². The first-order chi connectivity index (χ1) is 12.0. The Kier molecular flexibility index (Phi) is 10.3. The van der Waals surface area contributed by atoms with Crippen LogP contribution in [0.5, 0.6) is 0 Å². The fraction of sp³-hybridized carbons (Fsp3) is 0.833. The molecule has 0 bridgehead atoms. The number of carbonyl (C=O) groups excluding carboxylic acids is 2. The van der Waals surface area contributed by atoms with Gasteiger partial charge in [0.25, 0.3) is 0 Å². The van der Waals surface area contributed by atoms with Crippen LogP contribution in [0, 0.1) is 11.8 Å². The predicted molar refractivity (Wildman–Crippen MR) is 98.3 cm³/mol. The summed E-state index contributed by atoms with van der Waals surface area (Å²) in [5.74, 6) is -0.378. The van der Waals surface area contributed by atoms with Crippen LogP contribution >= 0.6 is 0 Å². The maximum Gasteiger partial charge on any atom is 0.375 e. The number of amides is 1. The lowest BCUT2D eigenvalue weighted by Crippen LogP contribution is -2.48. The first-order valence-corrected chi connectivity index (χ1v) is 9.39. The summed E-state index contributed by atoms with van der Waals surface area (Å²) in [6, 6.07) is -0.607. The van der Waals surface area contributed by atoms with Crippen molar-refractivity contribution in [3.8, 4) is 0 Å². The molecular weight excluding hydrogens is 319 g/mol. The predicted octanol–water partition coefficient (Wildman–Crippen LogP) is 2.55. The second kappa shape index (κ2) is 11.9. The minimum absolute atomic E-state index is 0.0265. The van der Waals surface area contributed by atoms with Crippen molar-refractivity contribution in [1.82, 2.24) is 5.32 Å². The van der Waals surface area contributed by atoms with Gasteiger partial charge in [-0.2, -0.15) is 0 Å². The molecule has 0 aromatic carbocycles. The van der Waals surface area contributed by atoms with E-state index in [1.165, 1.54) is 0 Å². The van der Waals surface area contributed by atoms with Gasteiger partial charge in [-0.1, -0.05) is 33.1 Å². The number of rotatable bonds is 10. The van der Waals surface area contributed by atoms with Crippen molar-refractivity contribution >= 4 is 26.3 Å². The number of unbranched alkanes of at least 4 members (excludes halogenated alkanes) is 1. The van der Waals surface area contributed by atoms with Gasteiger partial charge in [-0.3, -0.25) is 9.59 Å². The summed E-state index contributed by atoms with van der Waals surface area (Å²) >= 11 is 0. The van der Waals surface area contributed by atoms with Crippen LogP contribution in [0.1, 0.15) is 65.7 Å². The average Bonchev–Trinajstić information content (AvgIpc) is 2.61. The van der Waals surface area contributed by atoms with Crippen molar-refractivity contribution < 1.29 is 19.0 Å². The molecule has 6 nitrogen and oxygen atoms in total. The van der Waals surface area contributed by atoms with Crippen LogP contribution in [0.15, 0.2) is 4.99 Å². The Hall–Kier alpha value is -1.53. The fourth-order valence-corrected chi connectivity index (χ4v) is 3.39. The van der Waals surface area contributed by atoms with Crippen LogP contribution < -0.4 is 5.32 Å². The van der Waals surface area contributed by atoms with E-state index < -0.39 is 6.04 Å². The van der Waals surface area contributed by atoms with Crippen LogP contribution in [0.3, 0.4) is 0 Å². The average molecular weight is 350 g/mol. The highest BCUT2D eigenvalue weighted by atomic mass is 16.5. The maximum absolute atomic E-state index is 12.5. The second-order valence-corrected chi connectivity index (χ2v) is 6.67. The maximum atomic E-state index is 12.5. The van der Waals surface area contributed by atoms with Crippen molar-refractivity contribution in [2.75, 3.05) is 6.61 Å². The highest BCUT2D eigenvalue weighted by molar-refractivity contribution is 6.02. The highest BCUT2D eigenvalue weighted by Crippen LogP contribution is 2.33. The lowest BCUT2D eigenvalue weighted by molar-refractivity contribution is -0.152. The molecule has 0 spiro atoms. The van der Waals surface area contributed by atoms with Crippen LogP contribution in [0.2, 0.25) is 0 Å². The molecule has 1 amide bonds. The van der Waals surface area contributed by atoms with Crippen molar-refractivity contribution in [2.24, 2.45) is 16.8 Å². The van der Waals surface area contributed by atoms with E-state index in [2.05, 4.69) is 21.9 Å².